The molecule has 0 bridgehead atoms. The third-order valence-electron chi connectivity index (χ3n) is 4.91. The largest absolute Gasteiger partial charge is 0.315 e. The molecule has 0 heterocycles. The number of nitrogens with one attached hydrogen (secondary N) is 1. The second-order valence-electron chi connectivity index (χ2n) is 5.97. The normalized spacial score (nSPS) is 19.0. The summed E-state index contributed by atoms with van der Waals surface area (Å²) in [4.78, 5) is 2.66. The molecule has 1 aliphatic carbocycles. The summed E-state index contributed by atoms with van der Waals surface area (Å²) in [6.45, 7) is 10.7. The van der Waals surface area contributed by atoms with Crippen molar-refractivity contribution in [3.63, 3.8) is 0 Å². The van der Waals surface area contributed by atoms with Gasteiger partial charge in [-0.3, -0.25) is 0 Å². The van der Waals surface area contributed by atoms with Crippen LogP contribution in [-0.4, -0.2) is 37.6 Å². The molecule has 0 saturated heterocycles. The molecular weight excluding hydrogens is 220 g/mol. The monoisotopic (exact) mass is 254 g/mol. The van der Waals surface area contributed by atoms with E-state index < -0.39 is 0 Å². The molecule has 1 fully saturated rings. The third-order valence-corrected chi connectivity index (χ3v) is 4.91. The maximum Gasteiger partial charge on any atom is 0.0220 e. The van der Waals surface area contributed by atoms with Gasteiger partial charge in [-0.2, -0.15) is 0 Å². The topological polar surface area (TPSA) is 15.3 Å². The predicted molar refractivity (Wildman–Crippen MR) is 81.0 cm³/mol. The Labute approximate surface area is 115 Å². The van der Waals surface area contributed by atoms with Gasteiger partial charge in [0, 0.05) is 19.1 Å². The number of nitrogens with zero attached hydrogens (tertiary/aromatic N) is 1. The van der Waals surface area contributed by atoms with Crippen LogP contribution in [0.2, 0.25) is 0 Å². The molecule has 2 nitrogen and oxygen atoms in total. The molecule has 108 valence electrons. The van der Waals surface area contributed by atoms with Gasteiger partial charge in [-0.25, -0.2) is 0 Å². The van der Waals surface area contributed by atoms with E-state index in [1.165, 1.54) is 58.2 Å². The predicted octanol–water partition coefficient (Wildman–Crippen LogP) is 3.52. The highest BCUT2D eigenvalue weighted by Crippen LogP contribution is 2.28. The highest BCUT2D eigenvalue weighted by Gasteiger charge is 2.25. The zero-order valence-corrected chi connectivity index (χ0v) is 13.0. The van der Waals surface area contributed by atoms with E-state index in [0.717, 1.165) is 11.8 Å². The molecular formula is C16H34N2. The van der Waals surface area contributed by atoms with Gasteiger partial charge in [-0.05, 0) is 38.3 Å². The van der Waals surface area contributed by atoms with Crippen molar-refractivity contribution in [2.75, 3.05) is 26.7 Å². The maximum absolute atomic E-state index is 3.58. The van der Waals surface area contributed by atoms with E-state index in [0.29, 0.717) is 6.04 Å². The Bertz CT molecular complexity index is 195. The Hall–Kier alpha value is -0.0800. The van der Waals surface area contributed by atoms with Crippen LogP contribution in [0.1, 0.15) is 59.3 Å². The number of hydrogen-bond donors (Lipinski definition) is 1. The van der Waals surface area contributed by atoms with E-state index in [-0.39, 0.29) is 0 Å². The Balaban J connectivity index is 2.43. The first kappa shape index (κ1) is 16.0. The Kier molecular flexibility index (Phi) is 7.92. The van der Waals surface area contributed by atoms with Gasteiger partial charge < -0.3 is 10.2 Å². The van der Waals surface area contributed by atoms with Crippen LogP contribution in [0, 0.1) is 11.8 Å². The minimum atomic E-state index is 0.710. The van der Waals surface area contributed by atoms with Crippen LogP contribution in [0.5, 0.6) is 0 Å². The zero-order chi connectivity index (χ0) is 13.4. The van der Waals surface area contributed by atoms with E-state index >= 15 is 0 Å². The van der Waals surface area contributed by atoms with E-state index in [4.69, 9.17) is 0 Å². The van der Waals surface area contributed by atoms with Crippen LogP contribution in [0.25, 0.3) is 0 Å². The summed E-state index contributed by atoms with van der Waals surface area (Å²) in [5, 5.41) is 3.58. The minimum absolute atomic E-state index is 0.710. The van der Waals surface area contributed by atoms with Gasteiger partial charge in [0.05, 0.1) is 0 Å². The molecule has 1 aliphatic rings. The lowest BCUT2D eigenvalue weighted by atomic mass is 9.96. The Morgan fingerprint density at radius 3 is 2.11 bits per heavy atom. The lowest BCUT2D eigenvalue weighted by Gasteiger charge is -2.32. The van der Waals surface area contributed by atoms with E-state index in [1.807, 2.05) is 0 Å². The van der Waals surface area contributed by atoms with Gasteiger partial charge >= 0.3 is 0 Å². The highest BCUT2D eigenvalue weighted by atomic mass is 15.1. The van der Waals surface area contributed by atoms with Crippen molar-refractivity contribution in [3.05, 3.63) is 0 Å². The number of likely N-dealkylation sites (N-methyl/N-ethyl adjacent to an activating group) is 2. The fraction of sp³-hybridized carbons (Fsp3) is 1.00. The molecule has 0 aromatic carbocycles. The molecule has 1 rings (SSSR count). The molecule has 0 spiro atoms. The summed E-state index contributed by atoms with van der Waals surface area (Å²) in [6.07, 6.45) is 8.41. The fourth-order valence-electron chi connectivity index (χ4n) is 3.36. The molecule has 1 N–H and O–H groups in total. The molecule has 0 aromatic heterocycles. The van der Waals surface area contributed by atoms with E-state index in [1.54, 1.807) is 0 Å². The number of rotatable bonds is 9. The molecule has 1 unspecified atom stereocenters. The molecule has 2 heteroatoms. The first-order valence-corrected chi connectivity index (χ1v) is 8.14. The molecule has 1 saturated carbocycles. The molecule has 0 amide bonds. The van der Waals surface area contributed by atoms with Gasteiger partial charge in [0.2, 0.25) is 0 Å². The first-order chi connectivity index (χ1) is 8.74. The van der Waals surface area contributed by atoms with E-state index in [9.17, 15) is 0 Å². The summed E-state index contributed by atoms with van der Waals surface area (Å²) in [5.41, 5.74) is 0. The molecule has 1 atom stereocenters. The SMILES string of the molecule is CCC(CC)CN(CC)CC(NC)C1CCCC1. The van der Waals surface area contributed by atoms with Crippen molar-refractivity contribution in [2.45, 2.75) is 65.3 Å². The van der Waals surface area contributed by atoms with Gasteiger partial charge in [0.1, 0.15) is 0 Å². The lowest BCUT2D eigenvalue weighted by Crippen LogP contribution is -2.44. The van der Waals surface area contributed by atoms with Crippen LogP contribution < -0.4 is 5.32 Å². The standard InChI is InChI=1S/C16H34N2/c1-5-14(6-2)12-18(7-3)13-16(17-4)15-10-8-9-11-15/h14-17H,5-13H2,1-4H3. The first-order valence-electron chi connectivity index (χ1n) is 8.14. The third kappa shape index (κ3) is 4.89. The summed E-state index contributed by atoms with van der Waals surface area (Å²) in [6, 6.07) is 0.710. The summed E-state index contributed by atoms with van der Waals surface area (Å²) in [5.74, 6) is 1.80. The van der Waals surface area contributed by atoms with Crippen molar-refractivity contribution >= 4 is 0 Å². The van der Waals surface area contributed by atoms with Crippen molar-refractivity contribution in [3.8, 4) is 0 Å². The van der Waals surface area contributed by atoms with Crippen molar-refractivity contribution in [1.29, 1.82) is 0 Å². The van der Waals surface area contributed by atoms with Crippen molar-refractivity contribution in [2.24, 2.45) is 11.8 Å². The molecule has 0 aliphatic heterocycles. The Morgan fingerprint density at radius 2 is 1.67 bits per heavy atom. The smallest absolute Gasteiger partial charge is 0.0220 e. The van der Waals surface area contributed by atoms with E-state index in [2.05, 4.69) is 38.0 Å². The van der Waals surface area contributed by atoms with Crippen LogP contribution in [0.4, 0.5) is 0 Å². The molecule has 0 aromatic rings. The average molecular weight is 254 g/mol. The summed E-state index contributed by atoms with van der Waals surface area (Å²) >= 11 is 0. The molecule has 18 heavy (non-hydrogen) atoms. The summed E-state index contributed by atoms with van der Waals surface area (Å²) in [7, 11) is 2.15. The molecule has 0 radical (unpaired) electrons. The lowest BCUT2D eigenvalue weighted by molar-refractivity contribution is 0.190. The zero-order valence-electron chi connectivity index (χ0n) is 13.0. The quantitative estimate of drug-likeness (QED) is 0.677. The maximum atomic E-state index is 3.58. The van der Waals surface area contributed by atoms with Gasteiger partial charge in [-0.15, -0.1) is 0 Å². The van der Waals surface area contributed by atoms with Crippen LogP contribution in [-0.2, 0) is 0 Å². The van der Waals surface area contributed by atoms with Crippen molar-refractivity contribution < 1.29 is 0 Å². The van der Waals surface area contributed by atoms with Gasteiger partial charge in [-0.1, -0.05) is 46.5 Å². The van der Waals surface area contributed by atoms with Crippen LogP contribution >= 0.6 is 0 Å². The summed E-state index contributed by atoms with van der Waals surface area (Å²) < 4.78 is 0. The highest BCUT2D eigenvalue weighted by molar-refractivity contribution is 4.82. The minimum Gasteiger partial charge on any atom is -0.315 e. The fourth-order valence-corrected chi connectivity index (χ4v) is 3.36. The Morgan fingerprint density at radius 1 is 1.06 bits per heavy atom. The van der Waals surface area contributed by atoms with Crippen LogP contribution in [0.15, 0.2) is 0 Å². The number of hydrogen-bond acceptors (Lipinski definition) is 2. The average Bonchev–Trinajstić information content (AvgIpc) is 2.93. The van der Waals surface area contributed by atoms with Gasteiger partial charge in [0.15, 0.2) is 0 Å². The second-order valence-corrected chi connectivity index (χ2v) is 5.97. The second kappa shape index (κ2) is 8.92. The van der Waals surface area contributed by atoms with Crippen molar-refractivity contribution in [1.82, 2.24) is 10.2 Å². The van der Waals surface area contributed by atoms with Gasteiger partial charge in [0.25, 0.3) is 0 Å². The van der Waals surface area contributed by atoms with Crippen LogP contribution in [0.3, 0.4) is 0 Å².